The van der Waals surface area contributed by atoms with Gasteiger partial charge in [-0.05, 0) is 26.0 Å². The summed E-state index contributed by atoms with van der Waals surface area (Å²) in [6, 6.07) is 3.82. The van der Waals surface area contributed by atoms with Crippen molar-refractivity contribution in [3.05, 3.63) is 41.5 Å². The maximum absolute atomic E-state index is 13.5. The summed E-state index contributed by atoms with van der Waals surface area (Å²) in [7, 11) is 0. The van der Waals surface area contributed by atoms with Crippen LogP contribution in [0.15, 0.2) is 18.2 Å². The molecule has 0 amide bonds. The highest BCUT2D eigenvalue weighted by Crippen LogP contribution is 2.23. The maximum Gasteiger partial charge on any atom is 0.322 e. The van der Waals surface area contributed by atoms with E-state index in [2.05, 4.69) is 15.2 Å². The monoisotopic (exact) mass is 358 g/mol. The summed E-state index contributed by atoms with van der Waals surface area (Å²) in [6.07, 6.45) is 0. The topological polar surface area (TPSA) is 89.1 Å². The van der Waals surface area contributed by atoms with Crippen molar-refractivity contribution in [1.29, 1.82) is 0 Å². The molecular weight excluding hydrogens is 339 g/mol. The Kier molecular flexibility index (Phi) is 3.95. The summed E-state index contributed by atoms with van der Waals surface area (Å²) in [5.74, 6) is 0.931. The van der Waals surface area contributed by atoms with Crippen LogP contribution in [0.2, 0.25) is 0 Å². The van der Waals surface area contributed by atoms with Crippen LogP contribution >= 0.6 is 0 Å². The van der Waals surface area contributed by atoms with Gasteiger partial charge in [-0.25, -0.2) is 9.37 Å². The van der Waals surface area contributed by atoms with Crippen molar-refractivity contribution < 1.29 is 14.3 Å². The Bertz CT molecular complexity index is 995. The average Bonchev–Trinajstić information content (AvgIpc) is 3.13. The summed E-state index contributed by atoms with van der Waals surface area (Å²) in [6.45, 7) is 5.48. The molecule has 0 fully saturated rings. The number of hydrogen-bond acceptors (Lipinski definition) is 5. The Hall–Kier alpha value is -2.81. The third kappa shape index (κ3) is 2.64. The third-order valence-corrected chi connectivity index (χ3v) is 4.89. The van der Waals surface area contributed by atoms with Gasteiger partial charge >= 0.3 is 5.97 Å². The van der Waals surface area contributed by atoms with Gasteiger partial charge in [0.15, 0.2) is 0 Å². The van der Waals surface area contributed by atoms with E-state index in [1.54, 1.807) is 6.07 Å². The van der Waals surface area contributed by atoms with Gasteiger partial charge in [-0.3, -0.25) is 9.69 Å². The Morgan fingerprint density at radius 3 is 2.92 bits per heavy atom. The minimum Gasteiger partial charge on any atom is -0.480 e. The van der Waals surface area contributed by atoms with Crippen LogP contribution in [-0.4, -0.2) is 46.3 Å². The van der Waals surface area contributed by atoms with Crippen LogP contribution in [0, 0.1) is 12.7 Å². The van der Waals surface area contributed by atoms with E-state index in [1.165, 1.54) is 12.1 Å². The van der Waals surface area contributed by atoms with Gasteiger partial charge in [0.05, 0.1) is 30.7 Å². The van der Waals surface area contributed by atoms with Gasteiger partial charge in [0.1, 0.15) is 29.3 Å². The summed E-state index contributed by atoms with van der Waals surface area (Å²) in [5.41, 5.74) is 1.41. The Balaban J connectivity index is 1.71. The van der Waals surface area contributed by atoms with Crippen molar-refractivity contribution in [2.75, 3.05) is 0 Å². The molecule has 1 N–H and O–H groups in total. The van der Waals surface area contributed by atoms with Crippen molar-refractivity contribution in [3.63, 3.8) is 0 Å². The fourth-order valence-electron chi connectivity index (χ4n) is 3.57. The highest BCUT2D eigenvalue weighted by atomic mass is 19.1. The van der Waals surface area contributed by atoms with Crippen molar-refractivity contribution in [2.45, 2.75) is 46.1 Å². The zero-order valence-corrected chi connectivity index (χ0v) is 14.6. The van der Waals surface area contributed by atoms with Crippen LogP contribution in [0.3, 0.4) is 0 Å². The van der Waals surface area contributed by atoms with Crippen LogP contribution < -0.4 is 0 Å². The molecule has 1 aromatic carbocycles. The number of aromatic nitrogens is 5. The first-order chi connectivity index (χ1) is 12.5. The van der Waals surface area contributed by atoms with Crippen LogP contribution in [0.1, 0.15) is 24.4 Å². The summed E-state index contributed by atoms with van der Waals surface area (Å²) < 4.78 is 17.3. The fraction of sp³-hybridized carbons (Fsp3) is 0.412. The molecule has 8 nitrogen and oxygen atoms in total. The summed E-state index contributed by atoms with van der Waals surface area (Å²) >= 11 is 0. The first kappa shape index (κ1) is 16.6. The van der Waals surface area contributed by atoms with E-state index in [9.17, 15) is 14.3 Å². The van der Waals surface area contributed by atoms with E-state index in [1.807, 2.05) is 27.9 Å². The molecule has 1 aliphatic heterocycles. The predicted octanol–water partition coefficient (Wildman–Crippen LogP) is 1.56. The number of fused-ring (bicyclic) bond motifs is 2. The number of aliphatic carboxylic acids is 1. The molecule has 0 aliphatic carbocycles. The molecule has 26 heavy (non-hydrogen) atoms. The van der Waals surface area contributed by atoms with Crippen molar-refractivity contribution >= 4 is 17.0 Å². The smallest absolute Gasteiger partial charge is 0.322 e. The van der Waals surface area contributed by atoms with E-state index in [0.29, 0.717) is 43.3 Å². The number of imidazole rings is 1. The van der Waals surface area contributed by atoms with Gasteiger partial charge in [-0.15, -0.1) is 10.2 Å². The van der Waals surface area contributed by atoms with Crippen LogP contribution in [0.5, 0.6) is 0 Å². The molecule has 0 saturated carbocycles. The molecule has 9 heteroatoms. The molecule has 1 unspecified atom stereocenters. The molecule has 0 spiro atoms. The quantitative estimate of drug-likeness (QED) is 0.761. The molecule has 0 bridgehead atoms. The Labute approximate surface area is 148 Å². The lowest BCUT2D eigenvalue weighted by Gasteiger charge is -2.33. The van der Waals surface area contributed by atoms with E-state index >= 15 is 0 Å². The lowest BCUT2D eigenvalue weighted by Crippen LogP contribution is -2.47. The van der Waals surface area contributed by atoms with Gasteiger partial charge in [0.25, 0.3) is 0 Å². The van der Waals surface area contributed by atoms with E-state index in [-0.39, 0.29) is 5.82 Å². The number of carboxylic acids is 1. The molecule has 0 saturated heterocycles. The highest BCUT2D eigenvalue weighted by Gasteiger charge is 2.34. The number of carbonyl (C=O) groups is 1. The van der Waals surface area contributed by atoms with E-state index in [0.717, 1.165) is 11.3 Å². The second kappa shape index (κ2) is 6.17. The summed E-state index contributed by atoms with van der Waals surface area (Å²) in [4.78, 5) is 18.2. The normalized spacial score (nSPS) is 17.6. The third-order valence-electron chi connectivity index (χ3n) is 4.89. The molecule has 1 aliphatic rings. The Morgan fingerprint density at radius 2 is 2.19 bits per heavy atom. The molecule has 0 radical (unpaired) electrons. The molecular formula is C17H19FN6O2. The Morgan fingerprint density at radius 1 is 1.38 bits per heavy atom. The number of halogens is 1. The molecule has 1 atom stereocenters. The SMILES string of the molecule is CCn1c(CN2Cc3nnc(C)n3CC2C(=O)O)nc2cc(F)ccc21. The molecule has 136 valence electrons. The number of aryl methyl sites for hydroxylation is 2. The number of benzene rings is 1. The van der Waals surface area contributed by atoms with Crippen LogP contribution in [0.4, 0.5) is 4.39 Å². The van der Waals surface area contributed by atoms with Crippen LogP contribution in [-0.2, 0) is 31.0 Å². The second-order valence-corrected chi connectivity index (χ2v) is 6.44. The molecule has 2 aromatic heterocycles. The van der Waals surface area contributed by atoms with E-state index < -0.39 is 12.0 Å². The number of hydrogen-bond donors (Lipinski definition) is 1. The maximum atomic E-state index is 13.5. The van der Waals surface area contributed by atoms with Gasteiger partial charge in [0.2, 0.25) is 0 Å². The highest BCUT2D eigenvalue weighted by molar-refractivity contribution is 5.76. The van der Waals surface area contributed by atoms with Gasteiger partial charge in [-0.2, -0.15) is 0 Å². The average molecular weight is 358 g/mol. The molecule has 3 heterocycles. The first-order valence-electron chi connectivity index (χ1n) is 8.48. The molecule has 4 rings (SSSR count). The second-order valence-electron chi connectivity index (χ2n) is 6.44. The van der Waals surface area contributed by atoms with Crippen molar-refractivity contribution in [2.24, 2.45) is 0 Å². The largest absolute Gasteiger partial charge is 0.480 e. The van der Waals surface area contributed by atoms with Gasteiger partial charge in [-0.1, -0.05) is 0 Å². The van der Waals surface area contributed by atoms with Crippen molar-refractivity contribution in [3.8, 4) is 0 Å². The number of carboxylic acid groups (broad SMARTS) is 1. The number of nitrogens with zero attached hydrogens (tertiary/aromatic N) is 6. The minimum atomic E-state index is -0.894. The lowest BCUT2D eigenvalue weighted by atomic mass is 10.2. The van der Waals surface area contributed by atoms with E-state index in [4.69, 9.17) is 0 Å². The zero-order chi connectivity index (χ0) is 18.4. The standard InChI is InChI=1S/C17H19FN6O2/c1-3-23-13-5-4-11(18)6-12(13)19-15(23)8-22-9-16-21-20-10(2)24(16)7-14(22)17(25)26/h4-6,14H,3,7-9H2,1-2H3,(H,25,26). The van der Waals surface area contributed by atoms with Gasteiger partial charge < -0.3 is 14.2 Å². The predicted molar refractivity (Wildman–Crippen MR) is 90.8 cm³/mol. The van der Waals surface area contributed by atoms with Crippen LogP contribution in [0.25, 0.3) is 11.0 Å². The fourth-order valence-corrected chi connectivity index (χ4v) is 3.57. The van der Waals surface area contributed by atoms with Crippen molar-refractivity contribution in [1.82, 2.24) is 29.2 Å². The first-order valence-corrected chi connectivity index (χ1v) is 8.48. The molecule has 3 aromatic rings. The lowest BCUT2D eigenvalue weighted by molar-refractivity contribution is -0.145. The minimum absolute atomic E-state index is 0.296. The zero-order valence-electron chi connectivity index (χ0n) is 14.6. The van der Waals surface area contributed by atoms with Gasteiger partial charge in [0, 0.05) is 12.6 Å². The number of rotatable bonds is 4. The summed E-state index contributed by atoms with van der Waals surface area (Å²) in [5, 5.41) is 17.9.